The fourth-order valence-corrected chi connectivity index (χ4v) is 3.42. The van der Waals surface area contributed by atoms with E-state index in [9.17, 15) is 4.79 Å². The van der Waals surface area contributed by atoms with Gasteiger partial charge in [0.1, 0.15) is 5.15 Å². The molecule has 2 aliphatic heterocycles. The molecule has 0 radical (unpaired) electrons. The van der Waals surface area contributed by atoms with E-state index in [1.165, 1.54) is 6.26 Å². The van der Waals surface area contributed by atoms with Crippen molar-refractivity contribution in [2.45, 2.75) is 37.8 Å². The molecule has 21 heavy (non-hydrogen) atoms. The average Bonchev–Trinajstić information content (AvgIpc) is 2.77. The van der Waals surface area contributed by atoms with Gasteiger partial charge in [0, 0.05) is 12.2 Å². The Bertz CT molecular complexity index is 582. The van der Waals surface area contributed by atoms with Gasteiger partial charge in [-0.25, -0.2) is 9.78 Å². The lowest BCUT2D eigenvalue weighted by Gasteiger charge is -2.28. The molecule has 4 nitrogen and oxygen atoms in total. The maximum atomic E-state index is 12.2. The zero-order valence-corrected chi connectivity index (χ0v) is 12.4. The molecule has 1 fully saturated rings. The Labute approximate surface area is 129 Å². The third-order valence-corrected chi connectivity index (χ3v) is 4.40. The van der Waals surface area contributed by atoms with Gasteiger partial charge in [-0.3, -0.25) is 4.90 Å². The molecule has 0 unspecified atom stereocenters. The van der Waals surface area contributed by atoms with Crippen molar-refractivity contribution >= 4 is 23.3 Å². The number of amides is 1. The number of halogens is 1. The van der Waals surface area contributed by atoms with Crippen LogP contribution >= 0.6 is 11.6 Å². The van der Waals surface area contributed by atoms with Gasteiger partial charge in [0.15, 0.2) is 0 Å². The molecule has 0 spiro atoms. The second-order valence-electron chi connectivity index (χ2n) is 5.31. The summed E-state index contributed by atoms with van der Waals surface area (Å²) >= 11 is 5.86. The van der Waals surface area contributed by atoms with Gasteiger partial charge >= 0.3 is 6.09 Å². The fourth-order valence-electron chi connectivity index (χ4n) is 3.30. The summed E-state index contributed by atoms with van der Waals surface area (Å²) < 4.78 is 5.01. The Kier molecular flexibility index (Phi) is 3.97. The highest BCUT2D eigenvalue weighted by Gasteiger charge is 2.41. The molecule has 1 amide bonds. The number of hydrogen-bond donors (Lipinski definition) is 0. The highest BCUT2D eigenvalue weighted by Crippen LogP contribution is 2.39. The fraction of sp³-hybridized carbons (Fsp3) is 0.375. The van der Waals surface area contributed by atoms with Gasteiger partial charge in [0.05, 0.1) is 12.3 Å². The van der Waals surface area contributed by atoms with E-state index < -0.39 is 0 Å². The van der Waals surface area contributed by atoms with Crippen LogP contribution < -0.4 is 0 Å². The van der Waals surface area contributed by atoms with Crippen LogP contribution in [0.3, 0.4) is 0 Å². The minimum atomic E-state index is -0.313. The minimum absolute atomic E-state index is 0.0490. The highest BCUT2D eigenvalue weighted by atomic mass is 35.5. The van der Waals surface area contributed by atoms with E-state index in [0.717, 1.165) is 36.8 Å². The lowest BCUT2D eigenvalue weighted by atomic mass is 9.95. The van der Waals surface area contributed by atoms with Crippen LogP contribution in [-0.2, 0) is 4.74 Å². The number of pyridine rings is 1. The molecule has 1 aromatic rings. The normalized spacial score (nSPS) is 24.2. The first-order chi connectivity index (χ1) is 10.2. The lowest BCUT2D eigenvalue weighted by Crippen LogP contribution is -2.40. The van der Waals surface area contributed by atoms with E-state index in [1.54, 1.807) is 12.3 Å². The van der Waals surface area contributed by atoms with Gasteiger partial charge in [0.25, 0.3) is 0 Å². The number of aromatic nitrogens is 1. The molecule has 0 saturated carbocycles. The van der Waals surface area contributed by atoms with Crippen LogP contribution in [0.2, 0.25) is 5.15 Å². The molecule has 110 valence electrons. The SMILES string of the molecule is C=COC(=O)N1[C@@H]2CCC=C(c3ccc(Cl)nc3)[C@H]1CC2. The van der Waals surface area contributed by atoms with Crippen molar-refractivity contribution in [3.8, 4) is 0 Å². The van der Waals surface area contributed by atoms with Gasteiger partial charge < -0.3 is 4.74 Å². The molecule has 2 aliphatic rings. The first-order valence-electron chi connectivity index (χ1n) is 7.12. The Morgan fingerprint density at radius 2 is 2.29 bits per heavy atom. The third-order valence-electron chi connectivity index (χ3n) is 4.18. The summed E-state index contributed by atoms with van der Waals surface area (Å²) in [5, 5.41) is 0.472. The first-order valence-corrected chi connectivity index (χ1v) is 7.50. The summed E-state index contributed by atoms with van der Waals surface area (Å²) in [6.07, 6.45) is 8.74. The molecule has 0 aliphatic carbocycles. The van der Waals surface area contributed by atoms with Crippen molar-refractivity contribution in [2.24, 2.45) is 0 Å². The van der Waals surface area contributed by atoms with E-state index in [4.69, 9.17) is 16.3 Å². The maximum Gasteiger partial charge on any atom is 0.415 e. The van der Waals surface area contributed by atoms with Gasteiger partial charge in [-0.15, -0.1) is 0 Å². The number of carbonyl (C=O) groups is 1. The zero-order chi connectivity index (χ0) is 14.8. The molecular weight excluding hydrogens is 288 g/mol. The molecule has 2 bridgehead atoms. The van der Waals surface area contributed by atoms with Crippen molar-refractivity contribution in [1.29, 1.82) is 0 Å². The Balaban J connectivity index is 1.93. The Morgan fingerprint density at radius 3 is 3.00 bits per heavy atom. The quantitative estimate of drug-likeness (QED) is 0.612. The first kappa shape index (κ1) is 14.1. The highest BCUT2D eigenvalue weighted by molar-refractivity contribution is 6.29. The predicted octanol–water partition coefficient (Wildman–Crippen LogP) is 4.03. The van der Waals surface area contributed by atoms with E-state index in [1.807, 2.05) is 11.0 Å². The molecular formula is C16H17ClN2O2. The second kappa shape index (κ2) is 5.90. The van der Waals surface area contributed by atoms with Crippen LogP contribution in [0.4, 0.5) is 4.79 Å². The number of allylic oxidation sites excluding steroid dienone is 1. The number of carbonyl (C=O) groups excluding carboxylic acids is 1. The summed E-state index contributed by atoms with van der Waals surface area (Å²) in [6.45, 7) is 3.47. The Morgan fingerprint density at radius 1 is 1.43 bits per heavy atom. The number of hydrogen-bond acceptors (Lipinski definition) is 3. The van der Waals surface area contributed by atoms with Crippen LogP contribution in [0.1, 0.15) is 31.2 Å². The van der Waals surface area contributed by atoms with Gasteiger partial charge in [0.2, 0.25) is 0 Å². The molecule has 0 N–H and O–H groups in total. The van der Waals surface area contributed by atoms with Crippen molar-refractivity contribution in [3.05, 3.63) is 48.0 Å². The predicted molar refractivity (Wildman–Crippen MR) is 81.8 cm³/mol. The topological polar surface area (TPSA) is 42.4 Å². The molecule has 0 aromatic carbocycles. The maximum absolute atomic E-state index is 12.2. The second-order valence-corrected chi connectivity index (χ2v) is 5.70. The molecule has 1 aromatic heterocycles. The smallest absolute Gasteiger partial charge is 0.415 e. The number of rotatable bonds is 2. The van der Waals surface area contributed by atoms with E-state index >= 15 is 0 Å². The van der Waals surface area contributed by atoms with Crippen molar-refractivity contribution in [3.63, 3.8) is 0 Å². The van der Waals surface area contributed by atoms with Gasteiger partial charge in [-0.2, -0.15) is 0 Å². The van der Waals surface area contributed by atoms with E-state index in [-0.39, 0.29) is 18.2 Å². The molecule has 1 saturated heterocycles. The minimum Gasteiger partial charge on any atom is -0.419 e. The van der Waals surface area contributed by atoms with Crippen LogP contribution in [0, 0.1) is 0 Å². The van der Waals surface area contributed by atoms with Crippen LogP contribution in [-0.4, -0.2) is 28.1 Å². The van der Waals surface area contributed by atoms with E-state index in [2.05, 4.69) is 17.6 Å². The van der Waals surface area contributed by atoms with Crippen molar-refractivity contribution in [2.75, 3.05) is 0 Å². The van der Waals surface area contributed by atoms with Crippen molar-refractivity contribution < 1.29 is 9.53 Å². The number of ether oxygens (including phenoxy) is 1. The average molecular weight is 305 g/mol. The molecule has 3 heterocycles. The summed E-state index contributed by atoms with van der Waals surface area (Å²) in [5.41, 5.74) is 2.16. The Hall–Kier alpha value is -1.81. The number of fused-ring (bicyclic) bond motifs is 2. The van der Waals surface area contributed by atoms with Crippen molar-refractivity contribution in [1.82, 2.24) is 9.88 Å². The van der Waals surface area contributed by atoms with Gasteiger partial charge in [-0.1, -0.05) is 30.3 Å². The monoisotopic (exact) mass is 304 g/mol. The molecule has 2 atom stereocenters. The standard InChI is InChI=1S/C16H17ClN2O2/c1-2-21-16(20)19-12-4-3-5-13(14(19)8-7-12)11-6-9-15(17)18-10-11/h2,5-6,9-10,12,14H,1,3-4,7-8H2/t12-,14-/m1/s1. The zero-order valence-electron chi connectivity index (χ0n) is 11.7. The summed E-state index contributed by atoms with van der Waals surface area (Å²) in [6, 6.07) is 4.03. The van der Waals surface area contributed by atoms with Crippen LogP contribution in [0.25, 0.3) is 5.57 Å². The number of nitrogens with zero attached hydrogens (tertiary/aromatic N) is 2. The summed E-state index contributed by atoms with van der Waals surface area (Å²) in [7, 11) is 0. The summed E-state index contributed by atoms with van der Waals surface area (Å²) in [4.78, 5) is 18.2. The van der Waals surface area contributed by atoms with Crippen LogP contribution in [0.5, 0.6) is 0 Å². The lowest BCUT2D eigenvalue weighted by molar-refractivity contribution is 0.123. The molecule has 5 heteroatoms. The summed E-state index contributed by atoms with van der Waals surface area (Å²) in [5.74, 6) is 0. The molecule has 3 rings (SSSR count). The van der Waals surface area contributed by atoms with Gasteiger partial charge in [-0.05, 0) is 42.9 Å². The third kappa shape index (κ3) is 2.68. The van der Waals surface area contributed by atoms with Crippen LogP contribution in [0.15, 0.2) is 37.2 Å². The largest absolute Gasteiger partial charge is 0.419 e. The van der Waals surface area contributed by atoms with E-state index in [0.29, 0.717) is 5.15 Å².